The largest absolute Gasteiger partial charge is 0.397 e. The normalized spacial score (nSPS) is 19.3. The number of aromatic nitrogens is 1. The highest BCUT2D eigenvalue weighted by atomic mass is 16.2. The first-order chi connectivity index (χ1) is 8.09. The van der Waals surface area contributed by atoms with E-state index in [-0.39, 0.29) is 11.6 Å². The number of likely N-dealkylation sites (tertiary alicyclic amines) is 1. The third-order valence-electron chi connectivity index (χ3n) is 2.85. The molecule has 1 aromatic heterocycles. The molecule has 1 fully saturated rings. The number of amides is 2. The van der Waals surface area contributed by atoms with Gasteiger partial charge in [0.1, 0.15) is 11.7 Å². The maximum Gasteiger partial charge on any atom is 0.273 e. The van der Waals surface area contributed by atoms with E-state index >= 15 is 0 Å². The van der Waals surface area contributed by atoms with Crippen LogP contribution in [0.15, 0.2) is 18.3 Å². The number of pyridine rings is 1. The number of carbonyl (C=O) groups is 2. The Morgan fingerprint density at radius 3 is 2.76 bits per heavy atom. The average Bonchev–Trinajstić information content (AvgIpc) is 2.78. The zero-order valence-electron chi connectivity index (χ0n) is 9.30. The number of carbonyl (C=O) groups excluding carboxylic acids is 2. The molecular weight excluding hydrogens is 220 g/mol. The summed E-state index contributed by atoms with van der Waals surface area (Å²) in [5.74, 6) is -0.738. The van der Waals surface area contributed by atoms with Gasteiger partial charge in [-0.2, -0.15) is 0 Å². The van der Waals surface area contributed by atoms with Gasteiger partial charge in [-0.05, 0) is 25.0 Å². The number of primary amides is 1. The molecule has 90 valence electrons. The Morgan fingerprint density at radius 2 is 2.18 bits per heavy atom. The lowest BCUT2D eigenvalue weighted by Crippen LogP contribution is -2.43. The van der Waals surface area contributed by atoms with Crippen molar-refractivity contribution >= 4 is 17.5 Å². The summed E-state index contributed by atoms with van der Waals surface area (Å²) in [6.45, 7) is 0.540. The Kier molecular flexibility index (Phi) is 2.95. The fourth-order valence-electron chi connectivity index (χ4n) is 1.98. The highest BCUT2D eigenvalue weighted by molar-refractivity contribution is 5.96. The maximum absolute atomic E-state index is 12.1. The van der Waals surface area contributed by atoms with Crippen molar-refractivity contribution < 1.29 is 9.59 Å². The number of nitrogen functional groups attached to an aromatic ring is 1. The van der Waals surface area contributed by atoms with Crippen LogP contribution in [0.25, 0.3) is 0 Å². The predicted octanol–water partition coefficient (Wildman–Crippen LogP) is -0.246. The van der Waals surface area contributed by atoms with Gasteiger partial charge in [-0.1, -0.05) is 0 Å². The van der Waals surface area contributed by atoms with E-state index < -0.39 is 11.9 Å². The number of hydrogen-bond donors (Lipinski definition) is 2. The summed E-state index contributed by atoms with van der Waals surface area (Å²) in [6.07, 6.45) is 2.83. The Labute approximate surface area is 98.6 Å². The smallest absolute Gasteiger partial charge is 0.273 e. The molecular formula is C11H14N4O2. The van der Waals surface area contributed by atoms with Crippen LogP contribution < -0.4 is 11.5 Å². The van der Waals surface area contributed by atoms with E-state index in [1.165, 1.54) is 11.1 Å². The lowest BCUT2D eigenvalue weighted by molar-refractivity contribution is -0.121. The van der Waals surface area contributed by atoms with E-state index in [0.717, 1.165) is 6.42 Å². The molecule has 17 heavy (non-hydrogen) atoms. The molecule has 1 aliphatic rings. The fraction of sp³-hybridized carbons (Fsp3) is 0.364. The van der Waals surface area contributed by atoms with E-state index in [1.807, 2.05) is 0 Å². The molecule has 1 atom stereocenters. The maximum atomic E-state index is 12.1. The van der Waals surface area contributed by atoms with Crippen molar-refractivity contribution in [1.82, 2.24) is 9.88 Å². The van der Waals surface area contributed by atoms with Crippen molar-refractivity contribution in [3.05, 3.63) is 24.0 Å². The van der Waals surface area contributed by atoms with Crippen LogP contribution in [0.4, 0.5) is 5.69 Å². The van der Waals surface area contributed by atoms with Gasteiger partial charge in [-0.15, -0.1) is 0 Å². The highest BCUT2D eigenvalue weighted by Gasteiger charge is 2.33. The summed E-state index contributed by atoms with van der Waals surface area (Å²) in [5, 5.41) is 0. The standard InChI is InChI=1S/C11H14N4O2/c12-7-3-4-8(14-6-7)11(17)15-5-1-2-9(15)10(13)16/h3-4,6,9H,1-2,5,12H2,(H2,13,16). The van der Waals surface area contributed by atoms with E-state index in [0.29, 0.717) is 18.7 Å². The number of nitrogens with two attached hydrogens (primary N) is 2. The molecule has 2 rings (SSSR count). The molecule has 1 aromatic rings. The van der Waals surface area contributed by atoms with E-state index in [9.17, 15) is 9.59 Å². The van der Waals surface area contributed by atoms with Crippen LogP contribution in [0, 0.1) is 0 Å². The lowest BCUT2D eigenvalue weighted by atomic mass is 10.2. The summed E-state index contributed by atoms with van der Waals surface area (Å²) >= 11 is 0. The molecule has 0 aromatic carbocycles. The molecule has 4 N–H and O–H groups in total. The third kappa shape index (κ3) is 2.20. The lowest BCUT2D eigenvalue weighted by Gasteiger charge is -2.21. The summed E-state index contributed by atoms with van der Waals surface area (Å²) < 4.78 is 0. The van der Waals surface area contributed by atoms with Crippen LogP contribution in [-0.2, 0) is 4.79 Å². The molecule has 0 bridgehead atoms. The zero-order chi connectivity index (χ0) is 12.4. The molecule has 2 amide bonds. The van der Waals surface area contributed by atoms with Crippen molar-refractivity contribution in [1.29, 1.82) is 0 Å². The molecule has 2 heterocycles. The summed E-state index contributed by atoms with van der Waals surface area (Å²) in [4.78, 5) is 28.7. The van der Waals surface area contributed by atoms with Gasteiger partial charge >= 0.3 is 0 Å². The van der Waals surface area contributed by atoms with Gasteiger partial charge in [0, 0.05) is 6.54 Å². The van der Waals surface area contributed by atoms with Crippen LogP contribution in [0.2, 0.25) is 0 Å². The van der Waals surface area contributed by atoms with Gasteiger partial charge < -0.3 is 16.4 Å². The first kappa shape index (κ1) is 11.4. The number of hydrogen-bond acceptors (Lipinski definition) is 4. The average molecular weight is 234 g/mol. The predicted molar refractivity (Wildman–Crippen MR) is 61.9 cm³/mol. The van der Waals surface area contributed by atoms with Crippen LogP contribution in [0.1, 0.15) is 23.3 Å². The Bertz CT molecular complexity index is 443. The summed E-state index contributed by atoms with van der Waals surface area (Å²) in [7, 11) is 0. The van der Waals surface area contributed by atoms with Crippen molar-refractivity contribution in [2.45, 2.75) is 18.9 Å². The van der Waals surface area contributed by atoms with Crippen molar-refractivity contribution in [2.24, 2.45) is 5.73 Å². The molecule has 1 unspecified atom stereocenters. The van der Waals surface area contributed by atoms with E-state index in [4.69, 9.17) is 11.5 Å². The van der Waals surface area contributed by atoms with Crippen molar-refractivity contribution in [3.63, 3.8) is 0 Å². The van der Waals surface area contributed by atoms with Crippen molar-refractivity contribution in [2.75, 3.05) is 12.3 Å². The van der Waals surface area contributed by atoms with Crippen LogP contribution in [0.3, 0.4) is 0 Å². The molecule has 1 aliphatic heterocycles. The zero-order valence-corrected chi connectivity index (χ0v) is 9.30. The van der Waals surface area contributed by atoms with Gasteiger partial charge in [0.25, 0.3) is 5.91 Å². The molecule has 6 heteroatoms. The molecule has 0 aliphatic carbocycles. The number of rotatable bonds is 2. The Balaban J connectivity index is 2.19. The van der Waals surface area contributed by atoms with Gasteiger partial charge in [0.05, 0.1) is 11.9 Å². The van der Waals surface area contributed by atoms with E-state index in [1.54, 1.807) is 12.1 Å². The second-order valence-electron chi connectivity index (χ2n) is 4.04. The van der Waals surface area contributed by atoms with Gasteiger partial charge in [-0.25, -0.2) is 4.98 Å². The van der Waals surface area contributed by atoms with Crippen LogP contribution >= 0.6 is 0 Å². The second kappa shape index (κ2) is 4.40. The number of anilines is 1. The van der Waals surface area contributed by atoms with Crippen LogP contribution in [-0.4, -0.2) is 34.3 Å². The minimum atomic E-state index is -0.512. The molecule has 6 nitrogen and oxygen atoms in total. The number of nitrogens with zero attached hydrogens (tertiary/aromatic N) is 2. The first-order valence-corrected chi connectivity index (χ1v) is 5.41. The Morgan fingerprint density at radius 1 is 1.41 bits per heavy atom. The minimum Gasteiger partial charge on any atom is -0.397 e. The summed E-state index contributed by atoms with van der Waals surface area (Å²) in [5.41, 5.74) is 11.5. The fourth-order valence-corrected chi connectivity index (χ4v) is 1.98. The SMILES string of the molecule is NC(=O)C1CCCN1C(=O)c1ccc(N)cn1. The monoisotopic (exact) mass is 234 g/mol. The van der Waals surface area contributed by atoms with Crippen LogP contribution in [0.5, 0.6) is 0 Å². The molecule has 0 radical (unpaired) electrons. The first-order valence-electron chi connectivity index (χ1n) is 5.41. The minimum absolute atomic E-state index is 0.272. The van der Waals surface area contributed by atoms with Crippen molar-refractivity contribution in [3.8, 4) is 0 Å². The molecule has 1 saturated heterocycles. The topological polar surface area (TPSA) is 102 Å². The van der Waals surface area contributed by atoms with Gasteiger partial charge in [0.15, 0.2) is 0 Å². The molecule has 0 spiro atoms. The Hall–Kier alpha value is -2.11. The second-order valence-corrected chi connectivity index (χ2v) is 4.04. The summed E-state index contributed by atoms with van der Waals surface area (Å²) in [6, 6.07) is 2.64. The van der Waals surface area contributed by atoms with Gasteiger partial charge in [-0.3, -0.25) is 9.59 Å². The quantitative estimate of drug-likeness (QED) is 0.736. The van der Waals surface area contributed by atoms with Gasteiger partial charge in [0.2, 0.25) is 5.91 Å². The third-order valence-corrected chi connectivity index (χ3v) is 2.85. The highest BCUT2D eigenvalue weighted by Crippen LogP contribution is 2.19. The van der Waals surface area contributed by atoms with E-state index in [2.05, 4.69) is 4.98 Å². The molecule has 0 saturated carbocycles.